The third-order valence-corrected chi connectivity index (χ3v) is 5.33. The smallest absolute Gasteiger partial charge is 0.256 e. The molecule has 5 nitrogen and oxygen atoms in total. The Morgan fingerprint density at radius 1 is 1.06 bits per heavy atom. The highest BCUT2D eigenvalue weighted by atomic mass is 16.6. The van der Waals surface area contributed by atoms with Crippen molar-refractivity contribution in [1.29, 1.82) is 0 Å². The molecule has 1 heterocycles. The first-order valence-corrected chi connectivity index (χ1v) is 10.5. The standard InChI is InChI=1S/C26H27NO4/c1-17(2)18-8-10-19(11-9-18)22-6-4-5-7-23(22)26(28)27-20-12-13-24-25(14-20)31-21(15-29-3)16-30-24/h4-14,17,21H,15-16H2,1-3H3,(H,27,28). The summed E-state index contributed by atoms with van der Waals surface area (Å²) in [5, 5.41) is 2.99. The predicted octanol–water partition coefficient (Wildman–Crippen LogP) is 5.52. The van der Waals surface area contributed by atoms with Crippen LogP contribution >= 0.6 is 0 Å². The number of hydrogen-bond donors (Lipinski definition) is 1. The minimum atomic E-state index is -0.173. The van der Waals surface area contributed by atoms with Crippen LogP contribution in [0.15, 0.2) is 66.7 Å². The van der Waals surface area contributed by atoms with Crippen molar-refractivity contribution in [3.63, 3.8) is 0 Å². The Labute approximate surface area is 183 Å². The molecule has 0 saturated heterocycles. The van der Waals surface area contributed by atoms with Crippen LogP contribution in [-0.2, 0) is 4.74 Å². The van der Waals surface area contributed by atoms with E-state index in [1.165, 1.54) is 5.56 Å². The minimum Gasteiger partial charge on any atom is -0.486 e. The number of benzene rings is 3. The molecule has 3 aromatic rings. The lowest BCUT2D eigenvalue weighted by Crippen LogP contribution is -2.33. The first-order valence-electron chi connectivity index (χ1n) is 10.5. The molecule has 0 saturated carbocycles. The van der Waals surface area contributed by atoms with Crippen LogP contribution in [-0.4, -0.2) is 32.3 Å². The Kier molecular flexibility index (Phi) is 6.23. The summed E-state index contributed by atoms with van der Waals surface area (Å²) in [6.07, 6.45) is -0.169. The zero-order valence-electron chi connectivity index (χ0n) is 18.1. The number of methoxy groups -OCH3 is 1. The van der Waals surface area contributed by atoms with Crippen LogP contribution in [0.25, 0.3) is 11.1 Å². The quantitative estimate of drug-likeness (QED) is 0.574. The van der Waals surface area contributed by atoms with Crippen molar-refractivity contribution in [2.75, 3.05) is 25.6 Å². The summed E-state index contributed by atoms with van der Waals surface area (Å²) in [5.74, 6) is 1.56. The molecule has 160 valence electrons. The summed E-state index contributed by atoms with van der Waals surface area (Å²) in [5.41, 5.74) is 4.45. The van der Waals surface area contributed by atoms with Crippen LogP contribution in [0.4, 0.5) is 5.69 Å². The van der Waals surface area contributed by atoms with Gasteiger partial charge in [0, 0.05) is 24.4 Å². The van der Waals surface area contributed by atoms with Gasteiger partial charge in [0.2, 0.25) is 0 Å². The van der Waals surface area contributed by atoms with Gasteiger partial charge in [-0.1, -0.05) is 56.3 Å². The highest BCUT2D eigenvalue weighted by molar-refractivity contribution is 6.08. The number of carbonyl (C=O) groups is 1. The highest BCUT2D eigenvalue weighted by Gasteiger charge is 2.22. The van der Waals surface area contributed by atoms with Gasteiger partial charge in [-0.15, -0.1) is 0 Å². The third-order valence-electron chi connectivity index (χ3n) is 5.33. The van der Waals surface area contributed by atoms with Crippen LogP contribution in [0.3, 0.4) is 0 Å². The molecule has 0 aromatic heterocycles. The average molecular weight is 418 g/mol. The predicted molar refractivity (Wildman–Crippen MR) is 122 cm³/mol. The average Bonchev–Trinajstić information content (AvgIpc) is 2.79. The molecule has 0 fully saturated rings. The molecule has 1 amide bonds. The topological polar surface area (TPSA) is 56.8 Å². The summed E-state index contributed by atoms with van der Waals surface area (Å²) in [6, 6.07) is 21.4. The van der Waals surface area contributed by atoms with Crippen molar-refractivity contribution in [3.05, 3.63) is 77.9 Å². The number of hydrogen-bond acceptors (Lipinski definition) is 4. The molecule has 0 spiro atoms. The molecule has 31 heavy (non-hydrogen) atoms. The van der Waals surface area contributed by atoms with E-state index in [4.69, 9.17) is 14.2 Å². The molecule has 1 aliphatic heterocycles. The van der Waals surface area contributed by atoms with E-state index in [9.17, 15) is 4.79 Å². The number of ether oxygens (including phenoxy) is 3. The maximum Gasteiger partial charge on any atom is 0.256 e. The maximum atomic E-state index is 13.1. The van der Waals surface area contributed by atoms with Gasteiger partial charge >= 0.3 is 0 Å². The Morgan fingerprint density at radius 2 is 1.84 bits per heavy atom. The second-order valence-electron chi connectivity index (χ2n) is 7.94. The summed E-state index contributed by atoms with van der Waals surface area (Å²) in [6.45, 7) is 5.22. The van der Waals surface area contributed by atoms with Crippen molar-refractivity contribution < 1.29 is 19.0 Å². The number of amides is 1. The zero-order valence-corrected chi connectivity index (χ0v) is 18.1. The van der Waals surface area contributed by atoms with Crippen LogP contribution < -0.4 is 14.8 Å². The molecule has 1 unspecified atom stereocenters. The van der Waals surface area contributed by atoms with Crippen molar-refractivity contribution in [2.24, 2.45) is 0 Å². The SMILES string of the molecule is COCC1COc2ccc(NC(=O)c3ccccc3-c3ccc(C(C)C)cc3)cc2O1. The number of nitrogens with one attached hydrogen (secondary N) is 1. The number of fused-ring (bicyclic) bond motifs is 1. The van der Waals surface area contributed by atoms with E-state index in [0.717, 1.165) is 11.1 Å². The lowest BCUT2D eigenvalue weighted by molar-refractivity contribution is 0.0273. The van der Waals surface area contributed by atoms with Gasteiger partial charge in [-0.3, -0.25) is 4.79 Å². The molecule has 0 radical (unpaired) electrons. The Bertz CT molecular complexity index is 1060. The molecular weight excluding hydrogens is 390 g/mol. The molecular formula is C26H27NO4. The van der Waals surface area contributed by atoms with E-state index in [1.54, 1.807) is 13.2 Å². The molecule has 1 N–H and O–H groups in total. The van der Waals surface area contributed by atoms with Crippen molar-refractivity contribution in [2.45, 2.75) is 25.9 Å². The summed E-state index contributed by atoms with van der Waals surface area (Å²) >= 11 is 0. The summed E-state index contributed by atoms with van der Waals surface area (Å²) < 4.78 is 16.8. The van der Waals surface area contributed by atoms with E-state index in [0.29, 0.717) is 41.9 Å². The van der Waals surface area contributed by atoms with Gasteiger partial charge in [-0.2, -0.15) is 0 Å². The molecule has 1 atom stereocenters. The molecule has 5 heteroatoms. The van der Waals surface area contributed by atoms with Gasteiger partial charge in [-0.25, -0.2) is 0 Å². The van der Waals surface area contributed by atoms with Crippen LogP contribution in [0.2, 0.25) is 0 Å². The molecule has 0 aliphatic carbocycles. The van der Waals surface area contributed by atoms with Crippen LogP contribution in [0.5, 0.6) is 11.5 Å². The summed E-state index contributed by atoms with van der Waals surface area (Å²) in [7, 11) is 1.63. The van der Waals surface area contributed by atoms with Gasteiger partial charge < -0.3 is 19.5 Å². The van der Waals surface area contributed by atoms with Gasteiger partial charge in [0.15, 0.2) is 17.6 Å². The largest absolute Gasteiger partial charge is 0.486 e. The van der Waals surface area contributed by atoms with Crippen LogP contribution in [0, 0.1) is 0 Å². The van der Waals surface area contributed by atoms with Crippen molar-refractivity contribution in [3.8, 4) is 22.6 Å². The van der Waals surface area contributed by atoms with E-state index < -0.39 is 0 Å². The lowest BCUT2D eigenvalue weighted by atomic mass is 9.95. The van der Waals surface area contributed by atoms with Crippen molar-refractivity contribution >= 4 is 11.6 Å². The van der Waals surface area contributed by atoms with Gasteiger partial charge in [0.25, 0.3) is 5.91 Å². The minimum absolute atomic E-state index is 0.169. The second kappa shape index (κ2) is 9.23. The monoisotopic (exact) mass is 417 g/mol. The second-order valence-corrected chi connectivity index (χ2v) is 7.94. The molecule has 1 aliphatic rings. The number of carbonyl (C=O) groups excluding carboxylic acids is 1. The van der Waals surface area contributed by atoms with E-state index >= 15 is 0 Å². The third kappa shape index (κ3) is 4.72. The lowest BCUT2D eigenvalue weighted by Gasteiger charge is -2.26. The first-order chi connectivity index (χ1) is 15.0. The first kappa shape index (κ1) is 20.9. The number of anilines is 1. The van der Waals surface area contributed by atoms with Gasteiger partial charge in [-0.05, 0) is 40.8 Å². The van der Waals surface area contributed by atoms with E-state index in [1.807, 2.05) is 36.4 Å². The normalized spacial score (nSPS) is 15.0. The zero-order chi connectivity index (χ0) is 21.8. The Balaban J connectivity index is 1.55. The number of rotatable bonds is 6. The van der Waals surface area contributed by atoms with E-state index in [-0.39, 0.29) is 12.0 Å². The van der Waals surface area contributed by atoms with Gasteiger partial charge in [0.05, 0.1) is 6.61 Å². The molecule has 3 aromatic carbocycles. The van der Waals surface area contributed by atoms with Gasteiger partial charge in [0.1, 0.15) is 6.61 Å². The van der Waals surface area contributed by atoms with E-state index in [2.05, 4.69) is 43.4 Å². The Morgan fingerprint density at radius 3 is 2.58 bits per heavy atom. The molecule has 0 bridgehead atoms. The fraction of sp³-hybridized carbons (Fsp3) is 0.269. The summed E-state index contributed by atoms with van der Waals surface area (Å²) in [4.78, 5) is 13.1. The van der Waals surface area contributed by atoms with Crippen LogP contribution in [0.1, 0.15) is 35.7 Å². The Hall–Kier alpha value is -3.31. The van der Waals surface area contributed by atoms with Crippen molar-refractivity contribution in [1.82, 2.24) is 0 Å². The fourth-order valence-corrected chi connectivity index (χ4v) is 3.64. The maximum absolute atomic E-state index is 13.1. The fourth-order valence-electron chi connectivity index (χ4n) is 3.64. The highest BCUT2D eigenvalue weighted by Crippen LogP contribution is 2.35. The molecule has 4 rings (SSSR count).